The van der Waals surface area contributed by atoms with Gasteiger partial charge in [0.25, 0.3) is 0 Å². The fourth-order valence-corrected chi connectivity index (χ4v) is 13.9. The van der Waals surface area contributed by atoms with Gasteiger partial charge in [0.2, 0.25) is 0 Å². The Hall–Kier alpha value is -7.24. The van der Waals surface area contributed by atoms with E-state index in [1.165, 1.54) is 119 Å². The molecule has 320 valence electrons. The molecule has 2 unspecified atom stereocenters. The van der Waals surface area contributed by atoms with E-state index in [4.69, 9.17) is 4.42 Å². The molecule has 2 aliphatic carbocycles. The number of aryl methyl sites for hydroxylation is 1. The minimum Gasteiger partial charge on any atom is -0.456 e. The molecule has 67 heavy (non-hydrogen) atoms. The van der Waals surface area contributed by atoms with Crippen LogP contribution in [-0.4, -0.2) is 11.9 Å². The number of hydrogen-bond acceptors (Lipinski definition) is 4. The summed E-state index contributed by atoms with van der Waals surface area (Å²) in [7, 11) is 2.27. The van der Waals surface area contributed by atoms with E-state index >= 15 is 0 Å². The van der Waals surface area contributed by atoms with E-state index in [2.05, 4.69) is 207 Å². The van der Waals surface area contributed by atoms with Crippen LogP contribution < -0.4 is 0 Å². The van der Waals surface area contributed by atoms with Gasteiger partial charge in [-0.05, 0) is 165 Å². The Morgan fingerprint density at radius 2 is 1.19 bits per heavy atom. The smallest absolute Gasteiger partial charge is 0.136 e. The third-order valence-corrected chi connectivity index (χ3v) is 17.2. The summed E-state index contributed by atoms with van der Waals surface area (Å²) in [4.78, 5) is 4.00. The van der Waals surface area contributed by atoms with E-state index in [0.29, 0.717) is 5.92 Å². The van der Waals surface area contributed by atoms with E-state index < -0.39 is 0 Å². The van der Waals surface area contributed by atoms with Crippen molar-refractivity contribution in [1.82, 2.24) is 4.90 Å². The summed E-state index contributed by atoms with van der Waals surface area (Å²) in [5.41, 5.74) is 19.6. The van der Waals surface area contributed by atoms with Crippen molar-refractivity contribution in [1.29, 1.82) is 0 Å². The minimum atomic E-state index is 0.0167. The Balaban J connectivity index is 1.02. The third-order valence-electron chi connectivity index (χ3n) is 14.8. The molecule has 8 aromatic carbocycles. The molecule has 0 amide bonds. The maximum absolute atomic E-state index is 6.87. The van der Waals surface area contributed by atoms with Gasteiger partial charge in [-0.3, -0.25) is 0 Å². The molecule has 3 aliphatic rings. The van der Waals surface area contributed by atoms with Crippen molar-refractivity contribution in [2.45, 2.75) is 32.2 Å². The van der Waals surface area contributed by atoms with Gasteiger partial charge in [-0.1, -0.05) is 122 Å². The molecule has 3 aromatic heterocycles. The molecular weight excluding hydrogens is 851 g/mol. The second-order valence-corrected chi connectivity index (χ2v) is 20.9. The van der Waals surface area contributed by atoms with Crippen LogP contribution in [0.15, 0.2) is 192 Å². The fraction of sp³-hybridized carbons (Fsp3) is 0.111. The van der Waals surface area contributed by atoms with E-state index in [-0.39, 0.29) is 6.04 Å². The van der Waals surface area contributed by atoms with Gasteiger partial charge in [-0.2, -0.15) is 0 Å². The van der Waals surface area contributed by atoms with Crippen LogP contribution in [0, 0.1) is 5.92 Å². The Morgan fingerprint density at radius 1 is 0.522 bits per heavy atom. The summed E-state index contributed by atoms with van der Waals surface area (Å²) < 4.78 is 10.9. The van der Waals surface area contributed by atoms with Crippen molar-refractivity contribution in [3.63, 3.8) is 0 Å². The van der Waals surface area contributed by atoms with Crippen molar-refractivity contribution in [3.8, 4) is 44.5 Å². The minimum absolute atomic E-state index is 0.0167. The SMILES string of the molecule is CC1CC=CC2=C1c1c(cc3oc4ccccc4c3c1-c1cccc(-c3cc(-c4ccc5sc6c(c5c4)C=CCC6)cc(-c4ccc5sc6ccccc6c5c4)c3)c1)C(c1ccccc1)N2C. The zero-order valence-electron chi connectivity index (χ0n) is 37.3. The van der Waals surface area contributed by atoms with E-state index in [1.807, 2.05) is 22.7 Å². The first-order chi connectivity index (χ1) is 33.0. The second kappa shape index (κ2) is 15.1. The predicted molar refractivity (Wildman–Crippen MR) is 287 cm³/mol. The van der Waals surface area contributed by atoms with Crippen LogP contribution in [0.4, 0.5) is 0 Å². The first kappa shape index (κ1) is 39.0. The molecule has 14 rings (SSSR count). The zero-order valence-corrected chi connectivity index (χ0v) is 39.0. The number of fused-ring (bicyclic) bond motifs is 11. The number of hydrogen-bond donors (Lipinski definition) is 0. The molecular formula is C63H45NOS2. The average molecular weight is 896 g/mol. The van der Waals surface area contributed by atoms with E-state index in [0.717, 1.165) is 35.8 Å². The number of thiophene rings is 2. The number of para-hydroxylation sites is 1. The summed E-state index contributed by atoms with van der Waals surface area (Å²) in [6, 6.07) is 61.6. The highest BCUT2D eigenvalue weighted by molar-refractivity contribution is 7.25. The third kappa shape index (κ3) is 6.13. The maximum Gasteiger partial charge on any atom is 0.136 e. The molecule has 0 saturated heterocycles. The largest absolute Gasteiger partial charge is 0.456 e. The molecule has 4 heterocycles. The van der Waals surface area contributed by atoms with Gasteiger partial charge < -0.3 is 9.32 Å². The normalized spacial score (nSPS) is 16.7. The quantitative estimate of drug-likeness (QED) is 0.171. The van der Waals surface area contributed by atoms with Crippen molar-refractivity contribution in [2.24, 2.45) is 5.92 Å². The van der Waals surface area contributed by atoms with Crippen LogP contribution in [-0.2, 0) is 6.42 Å². The van der Waals surface area contributed by atoms with Gasteiger partial charge in [0.05, 0.1) is 6.04 Å². The zero-order chi connectivity index (χ0) is 44.3. The number of benzene rings is 8. The Morgan fingerprint density at radius 3 is 2.01 bits per heavy atom. The van der Waals surface area contributed by atoms with Crippen LogP contribution in [0.25, 0.3) is 108 Å². The summed E-state index contributed by atoms with van der Waals surface area (Å²) >= 11 is 3.83. The topological polar surface area (TPSA) is 16.4 Å². The van der Waals surface area contributed by atoms with Crippen molar-refractivity contribution in [3.05, 3.63) is 215 Å². The fourth-order valence-electron chi connectivity index (χ4n) is 11.6. The lowest BCUT2D eigenvalue weighted by Gasteiger charge is -2.42. The van der Waals surface area contributed by atoms with Crippen LogP contribution in [0.1, 0.15) is 52.9 Å². The second-order valence-electron chi connectivity index (χ2n) is 18.7. The van der Waals surface area contributed by atoms with Crippen LogP contribution in [0.2, 0.25) is 0 Å². The van der Waals surface area contributed by atoms with Crippen molar-refractivity contribution in [2.75, 3.05) is 7.05 Å². The molecule has 2 atom stereocenters. The summed E-state index contributed by atoms with van der Waals surface area (Å²) in [5, 5.41) is 6.33. The van der Waals surface area contributed by atoms with Crippen molar-refractivity contribution >= 4 is 86.5 Å². The van der Waals surface area contributed by atoms with E-state index in [9.17, 15) is 0 Å². The van der Waals surface area contributed by atoms with Gasteiger partial charge in [-0.25, -0.2) is 0 Å². The molecule has 2 nitrogen and oxygen atoms in total. The van der Waals surface area contributed by atoms with Gasteiger partial charge in [-0.15, -0.1) is 22.7 Å². The summed E-state index contributed by atoms with van der Waals surface area (Å²) in [6.45, 7) is 2.40. The number of likely N-dealkylation sites (N-methyl/N-ethyl adjacent to an activating group) is 1. The highest BCUT2D eigenvalue weighted by Crippen LogP contribution is 2.54. The predicted octanol–water partition coefficient (Wildman–Crippen LogP) is 18.1. The number of furan rings is 1. The maximum atomic E-state index is 6.87. The molecule has 1 aliphatic heterocycles. The molecule has 0 fully saturated rings. The molecule has 11 aromatic rings. The molecule has 0 bridgehead atoms. The average Bonchev–Trinajstić information content (AvgIpc) is 4.07. The Labute approximate surface area is 398 Å². The molecule has 0 spiro atoms. The van der Waals surface area contributed by atoms with Crippen molar-refractivity contribution < 1.29 is 4.42 Å². The van der Waals surface area contributed by atoms with Crippen LogP contribution in [0.5, 0.6) is 0 Å². The number of nitrogens with zero attached hydrogens (tertiary/aromatic N) is 1. The standard InChI is InChI=1S/C63H45NOS2/c1-37-14-12-22-52-59(37)62-51(63(64(52)2)38-15-4-3-5-16-38)36-54-61(48-21-6-9-23-53(48)65-54)60(62)42-18-13-17-39(30-42)43-31-44(40-26-28-57-49(34-40)46-19-7-10-24-55(46)66-57)33-45(32-43)41-27-29-58-50(35-41)47-20-8-11-25-56(47)67-58/h3-10,12-13,15-24,26-37,63H,11,14,25H2,1-2H3. The lowest BCUT2D eigenvalue weighted by Crippen LogP contribution is -2.32. The van der Waals surface area contributed by atoms with Crippen LogP contribution >= 0.6 is 22.7 Å². The first-order valence-electron chi connectivity index (χ1n) is 23.6. The van der Waals surface area contributed by atoms with Crippen LogP contribution in [0.3, 0.4) is 0 Å². The Bertz CT molecular complexity index is 3950. The molecule has 0 saturated carbocycles. The highest BCUT2D eigenvalue weighted by Gasteiger charge is 2.37. The Kier molecular flexibility index (Phi) is 8.81. The van der Waals surface area contributed by atoms with Gasteiger partial charge in [0, 0.05) is 64.2 Å². The van der Waals surface area contributed by atoms with Gasteiger partial charge in [0.15, 0.2) is 0 Å². The molecule has 4 heteroatoms. The lowest BCUT2D eigenvalue weighted by atomic mass is 9.74. The monoisotopic (exact) mass is 895 g/mol. The first-order valence-corrected chi connectivity index (χ1v) is 25.2. The molecule has 0 radical (unpaired) electrons. The highest BCUT2D eigenvalue weighted by atomic mass is 32.1. The summed E-state index contributed by atoms with van der Waals surface area (Å²) in [5.74, 6) is 0.342. The van der Waals surface area contributed by atoms with E-state index in [1.54, 1.807) is 0 Å². The summed E-state index contributed by atoms with van der Waals surface area (Å²) in [6.07, 6.45) is 12.7. The van der Waals surface area contributed by atoms with Gasteiger partial charge in [0.1, 0.15) is 11.2 Å². The number of rotatable bonds is 5. The number of allylic oxidation sites excluding steroid dienone is 4. The van der Waals surface area contributed by atoms with Gasteiger partial charge >= 0.3 is 0 Å². The lowest BCUT2D eigenvalue weighted by molar-refractivity contribution is 0.351. The molecule has 0 N–H and O–H groups in total.